The van der Waals surface area contributed by atoms with Crippen LogP contribution in [0.1, 0.15) is 17.3 Å². The van der Waals surface area contributed by atoms with Gasteiger partial charge in [0.25, 0.3) is 11.7 Å². The first-order valence-corrected chi connectivity index (χ1v) is 7.02. The van der Waals surface area contributed by atoms with Gasteiger partial charge in [-0.3, -0.25) is 4.79 Å². The van der Waals surface area contributed by atoms with Gasteiger partial charge in [0.15, 0.2) is 0 Å². The second-order valence-electron chi connectivity index (χ2n) is 4.45. The standard InChI is InChI=1S/C13H16F2N2OS.ClH/c1-9-8-16-6-7-17(9)12(18)10-2-4-11(5-3-10)19-13(14)15;/h2-5,9,13,16H,6-8H2,1H3;1H. The Hall–Kier alpha value is -0.850. The van der Waals surface area contributed by atoms with Gasteiger partial charge in [-0.05, 0) is 31.2 Å². The molecule has 0 aliphatic carbocycles. The summed E-state index contributed by atoms with van der Waals surface area (Å²) in [6.07, 6.45) is 0. The number of piperazine rings is 1. The van der Waals surface area contributed by atoms with E-state index in [-0.39, 0.29) is 24.4 Å². The van der Waals surface area contributed by atoms with Crippen LogP contribution in [-0.2, 0) is 0 Å². The van der Waals surface area contributed by atoms with E-state index in [2.05, 4.69) is 5.32 Å². The van der Waals surface area contributed by atoms with Crippen molar-refractivity contribution in [1.82, 2.24) is 10.2 Å². The predicted molar refractivity (Wildman–Crippen MR) is 78.9 cm³/mol. The Kier molecular flexibility index (Phi) is 6.71. The van der Waals surface area contributed by atoms with Crippen molar-refractivity contribution in [2.24, 2.45) is 0 Å². The highest BCUT2D eigenvalue weighted by atomic mass is 35.5. The van der Waals surface area contributed by atoms with Gasteiger partial charge in [-0.25, -0.2) is 0 Å². The minimum absolute atomic E-state index is 0. The molecule has 112 valence electrons. The van der Waals surface area contributed by atoms with E-state index in [9.17, 15) is 13.6 Å². The third-order valence-corrected chi connectivity index (χ3v) is 3.81. The van der Waals surface area contributed by atoms with Gasteiger partial charge in [0.2, 0.25) is 0 Å². The first kappa shape index (κ1) is 17.2. The summed E-state index contributed by atoms with van der Waals surface area (Å²) in [6.45, 7) is 4.24. The fourth-order valence-corrected chi connectivity index (χ4v) is 2.59. The molecule has 2 rings (SSSR count). The Morgan fingerprint density at radius 2 is 2.05 bits per heavy atom. The van der Waals surface area contributed by atoms with E-state index >= 15 is 0 Å². The molecule has 1 aromatic rings. The van der Waals surface area contributed by atoms with Crippen LogP contribution in [0.2, 0.25) is 0 Å². The molecule has 1 aromatic carbocycles. The van der Waals surface area contributed by atoms with Gasteiger partial charge in [0.1, 0.15) is 0 Å². The molecule has 1 saturated heterocycles. The molecule has 1 unspecified atom stereocenters. The lowest BCUT2D eigenvalue weighted by molar-refractivity contribution is 0.0655. The zero-order chi connectivity index (χ0) is 13.8. The van der Waals surface area contributed by atoms with E-state index < -0.39 is 5.76 Å². The molecule has 1 aliphatic rings. The highest BCUT2D eigenvalue weighted by Crippen LogP contribution is 2.25. The van der Waals surface area contributed by atoms with E-state index in [1.807, 2.05) is 11.8 Å². The Morgan fingerprint density at radius 1 is 1.40 bits per heavy atom. The summed E-state index contributed by atoms with van der Waals surface area (Å²) in [5.74, 6) is -2.47. The van der Waals surface area contributed by atoms with Crippen molar-refractivity contribution >= 4 is 30.1 Å². The molecule has 7 heteroatoms. The Morgan fingerprint density at radius 3 is 2.60 bits per heavy atom. The van der Waals surface area contributed by atoms with E-state index in [0.29, 0.717) is 28.8 Å². The third-order valence-electron chi connectivity index (χ3n) is 3.09. The fraction of sp³-hybridized carbons (Fsp3) is 0.462. The first-order valence-electron chi connectivity index (χ1n) is 6.14. The summed E-state index contributed by atoms with van der Waals surface area (Å²) < 4.78 is 24.4. The van der Waals surface area contributed by atoms with Crippen LogP contribution in [0.3, 0.4) is 0 Å². The molecule has 3 nitrogen and oxygen atoms in total. The molecule has 1 atom stereocenters. The Labute approximate surface area is 127 Å². The fourth-order valence-electron chi connectivity index (χ4n) is 2.09. The number of hydrogen-bond acceptors (Lipinski definition) is 3. The molecular weight excluding hydrogens is 306 g/mol. The lowest BCUT2D eigenvalue weighted by Crippen LogP contribution is -2.52. The van der Waals surface area contributed by atoms with Crippen molar-refractivity contribution in [3.05, 3.63) is 29.8 Å². The lowest BCUT2D eigenvalue weighted by atomic mass is 10.1. The van der Waals surface area contributed by atoms with Crippen LogP contribution in [0.25, 0.3) is 0 Å². The van der Waals surface area contributed by atoms with Crippen LogP contribution in [-0.4, -0.2) is 42.2 Å². The maximum absolute atomic E-state index is 12.3. The zero-order valence-electron chi connectivity index (χ0n) is 11.0. The topological polar surface area (TPSA) is 32.3 Å². The summed E-state index contributed by atoms with van der Waals surface area (Å²) in [4.78, 5) is 14.6. The second kappa shape index (κ2) is 7.81. The molecule has 0 bridgehead atoms. The van der Waals surface area contributed by atoms with Crippen LogP contribution >= 0.6 is 24.2 Å². The number of alkyl halides is 2. The number of carbonyl (C=O) groups excluding carboxylic acids is 1. The summed E-state index contributed by atoms with van der Waals surface area (Å²) in [7, 11) is 0. The number of thioether (sulfide) groups is 1. The third kappa shape index (κ3) is 4.33. The number of amides is 1. The van der Waals surface area contributed by atoms with Gasteiger partial charge in [-0.2, -0.15) is 8.78 Å². The van der Waals surface area contributed by atoms with Crippen molar-refractivity contribution in [2.45, 2.75) is 23.6 Å². The number of halogens is 3. The molecular formula is C13H17ClF2N2OS. The maximum Gasteiger partial charge on any atom is 0.288 e. The van der Waals surface area contributed by atoms with E-state index in [1.165, 1.54) is 0 Å². The van der Waals surface area contributed by atoms with Crippen LogP contribution in [0.4, 0.5) is 8.78 Å². The smallest absolute Gasteiger partial charge is 0.288 e. The predicted octanol–water partition coefficient (Wildman–Crippen LogP) is 2.86. The van der Waals surface area contributed by atoms with Gasteiger partial charge >= 0.3 is 0 Å². The highest BCUT2D eigenvalue weighted by molar-refractivity contribution is 7.99. The van der Waals surface area contributed by atoms with E-state index in [4.69, 9.17) is 0 Å². The number of carbonyl (C=O) groups is 1. The number of nitrogens with one attached hydrogen (secondary N) is 1. The molecule has 0 saturated carbocycles. The Balaban J connectivity index is 0.00000200. The quantitative estimate of drug-likeness (QED) is 0.869. The molecule has 0 spiro atoms. The number of rotatable bonds is 3. The first-order chi connectivity index (χ1) is 9.08. The van der Waals surface area contributed by atoms with Crippen LogP contribution in [0, 0.1) is 0 Å². The minimum atomic E-state index is -2.44. The summed E-state index contributed by atoms with van der Waals surface area (Å²) >= 11 is 0.487. The van der Waals surface area contributed by atoms with Crippen LogP contribution in [0.5, 0.6) is 0 Å². The number of hydrogen-bond donors (Lipinski definition) is 1. The van der Waals surface area contributed by atoms with Crippen molar-refractivity contribution in [2.75, 3.05) is 19.6 Å². The summed E-state index contributed by atoms with van der Waals surface area (Å²) in [6, 6.07) is 6.51. The molecule has 1 N–H and O–H groups in total. The van der Waals surface area contributed by atoms with Gasteiger partial charge < -0.3 is 10.2 Å². The SMILES string of the molecule is CC1CNCCN1C(=O)c1ccc(SC(F)F)cc1.Cl. The minimum Gasteiger partial charge on any atom is -0.333 e. The number of benzene rings is 1. The zero-order valence-corrected chi connectivity index (χ0v) is 12.6. The lowest BCUT2D eigenvalue weighted by Gasteiger charge is -2.34. The monoisotopic (exact) mass is 322 g/mol. The number of nitrogens with zero attached hydrogens (tertiary/aromatic N) is 1. The molecule has 20 heavy (non-hydrogen) atoms. The van der Waals surface area contributed by atoms with Gasteiger partial charge in [-0.15, -0.1) is 12.4 Å². The second-order valence-corrected chi connectivity index (χ2v) is 5.52. The molecule has 1 aliphatic heterocycles. The molecule has 1 fully saturated rings. The van der Waals surface area contributed by atoms with Gasteiger partial charge in [0.05, 0.1) is 0 Å². The molecule has 0 aromatic heterocycles. The van der Waals surface area contributed by atoms with Crippen molar-refractivity contribution in [3.8, 4) is 0 Å². The average molecular weight is 323 g/mol. The van der Waals surface area contributed by atoms with E-state index in [0.717, 1.165) is 13.1 Å². The van der Waals surface area contributed by atoms with Gasteiger partial charge in [0, 0.05) is 36.1 Å². The van der Waals surface area contributed by atoms with Crippen molar-refractivity contribution < 1.29 is 13.6 Å². The van der Waals surface area contributed by atoms with E-state index in [1.54, 1.807) is 24.3 Å². The normalized spacial score (nSPS) is 18.8. The molecule has 1 amide bonds. The molecule has 1 heterocycles. The largest absolute Gasteiger partial charge is 0.333 e. The summed E-state index contributed by atoms with van der Waals surface area (Å²) in [5.41, 5.74) is 0.548. The highest BCUT2D eigenvalue weighted by Gasteiger charge is 2.23. The summed E-state index contributed by atoms with van der Waals surface area (Å²) in [5, 5.41) is 3.22. The van der Waals surface area contributed by atoms with Crippen molar-refractivity contribution in [3.63, 3.8) is 0 Å². The molecule has 0 radical (unpaired) electrons. The average Bonchev–Trinajstić information content (AvgIpc) is 2.39. The Bertz CT molecular complexity index is 445. The van der Waals surface area contributed by atoms with Gasteiger partial charge in [-0.1, -0.05) is 11.8 Å². The van der Waals surface area contributed by atoms with Crippen LogP contribution in [0.15, 0.2) is 29.2 Å². The maximum atomic E-state index is 12.3. The van der Waals surface area contributed by atoms with Crippen LogP contribution < -0.4 is 5.32 Å². The van der Waals surface area contributed by atoms with Crippen molar-refractivity contribution in [1.29, 1.82) is 0 Å².